The summed E-state index contributed by atoms with van der Waals surface area (Å²) in [5, 5.41) is 4.14. The molecule has 1 unspecified atom stereocenters. The zero-order valence-electron chi connectivity index (χ0n) is 15.5. The highest BCUT2D eigenvalue weighted by molar-refractivity contribution is 7.85. The molecule has 152 valence electrons. The summed E-state index contributed by atoms with van der Waals surface area (Å²) in [7, 11) is -1.29. The van der Waals surface area contributed by atoms with Crippen LogP contribution in [0.1, 0.15) is 0 Å². The van der Waals surface area contributed by atoms with E-state index in [1.54, 1.807) is 18.3 Å². The van der Waals surface area contributed by atoms with Crippen LogP contribution >= 0.6 is 23.2 Å². The molecule has 0 saturated carbocycles. The molecule has 10 heteroatoms. The monoisotopic (exact) mass is 461 g/mol. The van der Waals surface area contributed by atoms with Crippen molar-refractivity contribution in [3.63, 3.8) is 0 Å². The standard InChI is InChI=1S/C20H14Cl2FN5OS/c1-30(29)28-18-7-12(9-24-19(18)22)11-2-5-17-14(6-11)20(26-10-25-17)27-13-3-4-16(23)15(21)8-13/h2-10,28H,1H3,(H,25,26,27). The maximum Gasteiger partial charge on any atom is 0.153 e. The van der Waals surface area contributed by atoms with Crippen molar-refractivity contribution < 1.29 is 8.60 Å². The first kappa shape index (κ1) is 20.5. The first-order valence-corrected chi connectivity index (χ1v) is 10.9. The molecule has 4 rings (SSSR count). The molecule has 4 aromatic rings. The lowest BCUT2D eigenvalue weighted by molar-refractivity contribution is 0.628. The van der Waals surface area contributed by atoms with Gasteiger partial charge in [0.05, 0.1) is 16.2 Å². The second-order valence-electron chi connectivity index (χ2n) is 6.33. The van der Waals surface area contributed by atoms with E-state index >= 15 is 0 Å². The van der Waals surface area contributed by atoms with Gasteiger partial charge in [-0.1, -0.05) is 29.3 Å². The molecule has 0 aliphatic rings. The van der Waals surface area contributed by atoms with Crippen molar-refractivity contribution in [2.45, 2.75) is 0 Å². The van der Waals surface area contributed by atoms with Crippen LogP contribution in [0.15, 0.2) is 55.0 Å². The maximum atomic E-state index is 13.4. The zero-order chi connectivity index (χ0) is 21.3. The topological polar surface area (TPSA) is 79.8 Å². The van der Waals surface area contributed by atoms with Crippen molar-refractivity contribution >= 4 is 62.3 Å². The highest BCUT2D eigenvalue weighted by atomic mass is 35.5. The van der Waals surface area contributed by atoms with Crippen molar-refractivity contribution in [2.75, 3.05) is 16.3 Å². The largest absolute Gasteiger partial charge is 0.340 e. The van der Waals surface area contributed by atoms with Crippen LogP contribution in [0.3, 0.4) is 0 Å². The number of anilines is 3. The molecular weight excluding hydrogens is 448 g/mol. The smallest absolute Gasteiger partial charge is 0.153 e. The molecule has 0 amide bonds. The summed E-state index contributed by atoms with van der Waals surface area (Å²) >= 11 is 12.0. The van der Waals surface area contributed by atoms with E-state index in [-0.39, 0.29) is 10.2 Å². The van der Waals surface area contributed by atoms with Crippen molar-refractivity contribution in [3.8, 4) is 11.1 Å². The average molecular weight is 462 g/mol. The molecule has 0 fully saturated rings. The second kappa shape index (κ2) is 8.51. The summed E-state index contributed by atoms with van der Waals surface area (Å²) in [6.07, 6.45) is 4.58. The van der Waals surface area contributed by atoms with Crippen molar-refractivity contribution in [1.82, 2.24) is 15.0 Å². The Morgan fingerprint density at radius 1 is 1.00 bits per heavy atom. The maximum absolute atomic E-state index is 13.4. The van der Waals surface area contributed by atoms with Crippen molar-refractivity contribution in [2.24, 2.45) is 0 Å². The minimum atomic E-state index is -1.29. The Kier molecular flexibility index (Phi) is 5.80. The lowest BCUT2D eigenvalue weighted by Gasteiger charge is -2.11. The molecule has 0 bridgehead atoms. The van der Waals surface area contributed by atoms with Crippen LogP contribution in [-0.4, -0.2) is 25.4 Å². The third kappa shape index (κ3) is 4.35. The Bertz CT molecular complexity index is 1290. The molecule has 0 aliphatic carbocycles. The average Bonchev–Trinajstić information content (AvgIpc) is 2.72. The predicted molar refractivity (Wildman–Crippen MR) is 120 cm³/mol. The minimum absolute atomic E-state index is 0.0135. The normalized spacial score (nSPS) is 12.0. The van der Waals surface area contributed by atoms with Gasteiger partial charge >= 0.3 is 0 Å². The van der Waals surface area contributed by atoms with Gasteiger partial charge in [0, 0.05) is 29.1 Å². The van der Waals surface area contributed by atoms with E-state index in [9.17, 15) is 8.60 Å². The molecule has 0 spiro atoms. The number of benzene rings is 2. The fourth-order valence-electron chi connectivity index (χ4n) is 2.88. The summed E-state index contributed by atoms with van der Waals surface area (Å²) < 4.78 is 27.7. The number of nitrogens with one attached hydrogen (secondary N) is 2. The molecule has 2 aromatic carbocycles. The molecule has 0 aliphatic heterocycles. The Labute approximate surface area is 184 Å². The van der Waals surface area contributed by atoms with Crippen molar-refractivity contribution in [3.05, 3.63) is 71.0 Å². The van der Waals surface area contributed by atoms with Crippen LogP contribution < -0.4 is 10.0 Å². The van der Waals surface area contributed by atoms with E-state index in [4.69, 9.17) is 23.2 Å². The first-order valence-electron chi connectivity index (χ1n) is 8.63. The van der Waals surface area contributed by atoms with Gasteiger partial charge < -0.3 is 10.0 Å². The lowest BCUT2D eigenvalue weighted by atomic mass is 10.0. The molecule has 2 N–H and O–H groups in total. The Morgan fingerprint density at radius 3 is 2.60 bits per heavy atom. The van der Waals surface area contributed by atoms with Gasteiger partial charge in [-0.25, -0.2) is 23.6 Å². The Morgan fingerprint density at radius 2 is 1.83 bits per heavy atom. The van der Waals surface area contributed by atoms with Crippen LogP contribution in [0.2, 0.25) is 10.2 Å². The van der Waals surface area contributed by atoms with Gasteiger partial charge in [0.15, 0.2) is 5.15 Å². The molecule has 30 heavy (non-hydrogen) atoms. The highest BCUT2D eigenvalue weighted by Gasteiger charge is 2.10. The summed E-state index contributed by atoms with van der Waals surface area (Å²) in [5.74, 6) is 0.0455. The summed E-state index contributed by atoms with van der Waals surface area (Å²) in [6, 6.07) is 11.8. The first-order chi connectivity index (χ1) is 14.4. The van der Waals surface area contributed by atoms with E-state index in [0.29, 0.717) is 17.2 Å². The molecule has 2 aromatic heterocycles. The number of fused-ring (bicyclic) bond motifs is 1. The fraction of sp³-hybridized carbons (Fsp3) is 0.0500. The molecule has 1 atom stereocenters. The number of rotatable bonds is 5. The third-order valence-electron chi connectivity index (χ3n) is 4.24. The quantitative estimate of drug-likeness (QED) is 0.378. The zero-order valence-corrected chi connectivity index (χ0v) is 17.8. The predicted octanol–water partition coefficient (Wildman–Crippen LogP) is 5.59. The third-order valence-corrected chi connectivity index (χ3v) is 5.34. The van der Waals surface area contributed by atoms with E-state index < -0.39 is 16.8 Å². The molecule has 6 nitrogen and oxygen atoms in total. The summed E-state index contributed by atoms with van der Waals surface area (Å²) in [5.41, 5.74) is 3.40. The summed E-state index contributed by atoms with van der Waals surface area (Å²) in [4.78, 5) is 12.8. The van der Waals surface area contributed by atoms with Crippen LogP contribution in [0.25, 0.3) is 22.0 Å². The molecule has 0 saturated heterocycles. The highest BCUT2D eigenvalue weighted by Crippen LogP contribution is 2.31. The fourth-order valence-corrected chi connectivity index (χ4v) is 3.73. The van der Waals surface area contributed by atoms with Gasteiger partial charge in [-0.2, -0.15) is 0 Å². The Hall–Kier alpha value is -2.81. The number of nitrogens with zero attached hydrogens (tertiary/aromatic N) is 3. The van der Waals surface area contributed by atoms with Gasteiger partial charge in [0.25, 0.3) is 0 Å². The van der Waals surface area contributed by atoms with Gasteiger partial charge in [0.1, 0.15) is 28.9 Å². The molecule has 2 heterocycles. The van der Waals surface area contributed by atoms with Gasteiger partial charge in [0.2, 0.25) is 0 Å². The van der Waals surface area contributed by atoms with Crippen LogP contribution in [0.5, 0.6) is 0 Å². The Balaban J connectivity index is 1.76. The SMILES string of the molecule is CS(=O)Nc1cc(-c2ccc3ncnc(Nc4ccc(F)c(Cl)c4)c3c2)cnc1Cl. The summed E-state index contributed by atoms with van der Waals surface area (Å²) in [6.45, 7) is 0. The van der Waals surface area contributed by atoms with Crippen LogP contribution in [-0.2, 0) is 11.0 Å². The number of pyridine rings is 1. The minimum Gasteiger partial charge on any atom is -0.340 e. The van der Waals surface area contributed by atoms with E-state index in [1.165, 1.54) is 24.7 Å². The molecular formula is C20H14Cl2FN5OS. The number of hydrogen-bond acceptors (Lipinski definition) is 5. The second-order valence-corrected chi connectivity index (χ2v) is 8.20. The molecule has 0 radical (unpaired) electrons. The van der Waals surface area contributed by atoms with Gasteiger partial charge in [-0.15, -0.1) is 0 Å². The number of halogens is 3. The van der Waals surface area contributed by atoms with Crippen LogP contribution in [0.4, 0.5) is 21.6 Å². The number of hydrogen-bond donors (Lipinski definition) is 2. The van der Waals surface area contributed by atoms with Gasteiger partial charge in [-0.05, 0) is 42.0 Å². The van der Waals surface area contributed by atoms with Crippen molar-refractivity contribution in [1.29, 1.82) is 0 Å². The van der Waals surface area contributed by atoms with E-state index in [1.807, 2.05) is 18.2 Å². The lowest BCUT2D eigenvalue weighted by Crippen LogP contribution is -2.02. The van der Waals surface area contributed by atoms with Crippen LogP contribution in [0, 0.1) is 5.82 Å². The van der Waals surface area contributed by atoms with Gasteiger partial charge in [-0.3, -0.25) is 0 Å². The van der Waals surface area contributed by atoms with E-state index in [0.717, 1.165) is 22.0 Å². The van der Waals surface area contributed by atoms with E-state index in [2.05, 4.69) is 25.0 Å². The number of aromatic nitrogens is 3.